The van der Waals surface area contributed by atoms with Crippen molar-refractivity contribution in [3.05, 3.63) is 59.2 Å². The second-order valence-electron chi connectivity index (χ2n) is 5.94. The van der Waals surface area contributed by atoms with E-state index >= 15 is 0 Å². The van der Waals surface area contributed by atoms with E-state index in [1.165, 1.54) is 47.1 Å². The molecule has 20 heavy (non-hydrogen) atoms. The van der Waals surface area contributed by atoms with Crippen molar-refractivity contribution in [3.63, 3.8) is 0 Å². The van der Waals surface area contributed by atoms with Gasteiger partial charge in [-0.2, -0.15) is 0 Å². The molecule has 1 N–H and O–H groups in total. The van der Waals surface area contributed by atoms with Gasteiger partial charge in [0.1, 0.15) is 0 Å². The zero-order valence-electron chi connectivity index (χ0n) is 12.4. The molecule has 1 heteroatoms. The summed E-state index contributed by atoms with van der Waals surface area (Å²) in [7, 11) is 2.00. The van der Waals surface area contributed by atoms with Crippen LogP contribution in [0.15, 0.2) is 42.5 Å². The maximum atomic E-state index is 3.26. The second kappa shape index (κ2) is 5.80. The van der Waals surface area contributed by atoms with Gasteiger partial charge in [0, 0.05) is 6.54 Å². The van der Waals surface area contributed by atoms with Crippen LogP contribution in [0.1, 0.15) is 41.9 Å². The van der Waals surface area contributed by atoms with Crippen LogP contribution in [0.4, 0.5) is 0 Å². The third-order valence-electron chi connectivity index (χ3n) is 4.43. The van der Waals surface area contributed by atoms with Gasteiger partial charge in [-0.15, -0.1) is 0 Å². The summed E-state index contributed by atoms with van der Waals surface area (Å²) in [6.07, 6.45) is 4.14. The summed E-state index contributed by atoms with van der Waals surface area (Å²) in [5, 5.41) is 3.26. The van der Waals surface area contributed by atoms with Crippen molar-refractivity contribution in [2.75, 3.05) is 7.05 Å². The van der Waals surface area contributed by atoms with Crippen LogP contribution in [0.2, 0.25) is 0 Å². The molecule has 0 aromatic heterocycles. The van der Waals surface area contributed by atoms with E-state index in [-0.39, 0.29) is 0 Å². The summed E-state index contributed by atoms with van der Waals surface area (Å²) < 4.78 is 0. The Hall–Kier alpha value is -1.60. The molecule has 0 saturated heterocycles. The van der Waals surface area contributed by atoms with Crippen LogP contribution < -0.4 is 5.32 Å². The molecule has 2 aromatic carbocycles. The predicted molar refractivity (Wildman–Crippen MR) is 86.0 cm³/mol. The number of benzene rings is 2. The molecule has 0 bridgehead atoms. The summed E-state index contributed by atoms with van der Waals surface area (Å²) in [6, 6.07) is 16.0. The summed E-state index contributed by atoms with van der Waals surface area (Å²) in [6.45, 7) is 3.08. The van der Waals surface area contributed by atoms with Gasteiger partial charge in [-0.25, -0.2) is 0 Å². The van der Waals surface area contributed by atoms with Gasteiger partial charge in [0.15, 0.2) is 0 Å². The molecule has 0 unspecified atom stereocenters. The molecule has 0 amide bonds. The van der Waals surface area contributed by atoms with Crippen LogP contribution in [-0.2, 0) is 6.54 Å². The average Bonchev–Trinajstić information content (AvgIpc) is 2.40. The topological polar surface area (TPSA) is 12.0 Å². The third kappa shape index (κ3) is 2.64. The molecule has 104 valence electrons. The molecule has 0 aliphatic heterocycles. The van der Waals surface area contributed by atoms with Gasteiger partial charge in [-0.3, -0.25) is 0 Å². The number of hydrogen-bond donors (Lipinski definition) is 1. The summed E-state index contributed by atoms with van der Waals surface area (Å²) in [5.41, 5.74) is 6.90. The van der Waals surface area contributed by atoms with E-state index in [1.54, 1.807) is 0 Å². The van der Waals surface area contributed by atoms with Gasteiger partial charge in [0.05, 0.1) is 0 Å². The van der Waals surface area contributed by atoms with Gasteiger partial charge < -0.3 is 5.32 Å². The Bertz CT molecular complexity index is 579. The molecule has 1 saturated carbocycles. The highest BCUT2D eigenvalue weighted by atomic mass is 14.8. The van der Waals surface area contributed by atoms with Crippen molar-refractivity contribution in [2.45, 2.75) is 38.6 Å². The molecule has 3 rings (SSSR count). The van der Waals surface area contributed by atoms with E-state index in [0.29, 0.717) is 0 Å². The Morgan fingerprint density at radius 3 is 2.40 bits per heavy atom. The Morgan fingerprint density at radius 2 is 1.80 bits per heavy atom. The van der Waals surface area contributed by atoms with Crippen LogP contribution in [0.3, 0.4) is 0 Å². The molecular formula is C19H23N. The van der Waals surface area contributed by atoms with Gasteiger partial charge in [0.25, 0.3) is 0 Å². The third-order valence-corrected chi connectivity index (χ3v) is 4.43. The first kappa shape index (κ1) is 13.4. The molecule has 0 spiro atoms. The molecule has 1 aliphatic rings. The zero-order valence-corrected chi connectivity index (χ0v) is 12.4. The van der Waals surface area contributed by atoms with Crippen LogP contribution in [0, 0.1) is 6.92 Å². The second-order valence-corrected chi connectivity index (χ2v) is 5.94. The minimum atomic E-state index is 0.818. The summed E-state index contributed by atoms with van der Waals surface area (Å²) in [5.74, 6) is 0.818. The molecule has 1 aliphatic carbocycles. The van der Waals surface area contributed by atoms with E-state index in [9.17, 15) is 0 Å². The van der Waals surface area contributed by atoms with E-state index in [2.05, 4.69) is 54.7 Å². The smallest absolute Gasteiger partial charge is 0.0208 e. The normalized spacial score (nSPS) is 15.1. The van der Waals surface area contributed by atoms with Gasteiger partial charge in [-0.1, -0.05) is 54.4 Å². The first-order valence-corrected chi connectivity index (χ1v) is 7.62. The monoisotopic (exact) mass is 265 g/mol. The molecule has 1 fully saturated rings. The average molecular weight is 265 g/mol. The Balaban J connectivity index is 1.93. The van der Waals surface area contributed by atoms with E-state index in [1.807, 2.05) is 7.05 Å². The Morgan fingerprint density at radius 1 is 1.05 bits per heavy atom. The lowest BCUT2D eigenvalue weighted by Crippen LogP contribution is -2.08. The zero-order chi connectivity index (χ0) is 13.9. The van der Waals surface area contributed by atoms with Gasteiger partial charge in [0.2, 0.25) is 0 Å². The Labute approximate surface area is 122 Å². The maximum Gasteiger partial charge on any atom is 0.0208 e. The molecule has 0 heterocycles. The lowest BCUT2D eigenvalue weighted by atomic mass is 9.79. The summed E-state index contributed by atoms with van der Waals surface area (Å²) >= 11 is 0. The highest BCUT2D eigenvalue weighted by Gasteiger charge is 2.19. The standard InChI is InChI=1S/C19H23N/c1-14-6-7-18(13-20-2)19(12-14)17-10-8-16(9-11-17)15-4-3-5-15/h6-12,15,20H,3-5,13H2,1-2H3. The lowest BCUT2D eigenvalue weighted by molar-refractivity contribution is 0.420. The molecule has 0 radical (unpaired) electrons. The summed E-state index contributed by atoms with van der Waals surface area (Å²) in [4.78, 5) is 0. The highest BCUT2D eigenvalue weighted by Crippen LogP contribution is 2.37. The predicted octanol–water partition coefficient (Wildman–Crippen LogP) is 4.65. The van der Waals surface area contributed by atoms with Crippen molar-refractivity contribution >= 4 is 0 Å². The van der Waals surface area contributed by atoms with E-state index < -0.39 is 0 Å². The number of aryl methyl sites for hydroxylation is 1. The van der Waals surface area contributed by atoms with Crippen molar-refractivity contribution in [1.82, 2.24) is 5.32 Å². The van der Waals surface area contributed by atoms with Gasteiger partial charge >= 0.3 is 0 Å². The maximum absolute atomic E-state index is 3.26. The molecular weight excluding hydrogens is 242 g/mol. The highest BCUT2D eigenvalue weighted by molar-refractivity contribution is 5.68. The molecule has 0 atom stereocenters. The first-order valence-electron chi connectivity index (χ1n) is 7.62. The minimum Gasteiger partial charge on any atom is -0.316 e. The Kier molecular flexibility index (Phi) is 3.88. The van der Waals surface area contributed by atoms with Gasteiger partial charge in [-0.05, 0) is 55.0 Å². The SMILES string of the molecule is CNCc1ccc(C)cc1-c1ccc(C2CCC2)cc1. The number of rotatable bonds is 4. The van der Waals surface area contributed by atoms with Crippen LogP contribution in [0.25, 0.3) is 11.1 Å². The fourth-order valence-corrected chi connectivity index (χ4v) is 2.98. The number of nitrogens with one attached hydrogen (secondary N) is 1. The minimum absolute atomic E-state index is 0.818. The number of hydrogen-bond acceptors (Lipinski definition) is 1. The largest absolute Gasteiger partial charge is 0.316 e. The first-order chi connectivity index (χ1) is 9.78. The quantitative estimate of drug-likeness (QED) is 0.848. The van der Waals surface area contributed by atoms with E-state index in [4.69, 9.17) is 0 Å². The van der Waals surface area contributed by atoms with Crippen molar-refractivity contribution < 1.29 is 0 Å². The van der Waals surface area contributed by atoms with Crippen molar-refractivity contribution in [1.29, 1.82) is 0 Å². The van der Waals surface area contributed by atoms with E-state index in [0.717, 1.165) is 12.5 Å². The van der Waals surface area contributed by atoms with Crippen molar-refractivity contribution in [2.24, 2.45) is 0 Å². The molecule has 2 aromatic rings. The fraction of sp³-hybridized carbons (Fsp3) is 0.368. The van der Waals surface area contributed by atoms with Crippen LogP contribution in [-0.4, -0.2) is 7.05 Å². The van der Waals surface area contributed by atoms with Crippen LogP contribution >= 0.6 is 0 Å². The molecule has 1 nitrogen and oxygen atoms in total. The van der Waals surface area contributed by atoms with Crippen LogP contribution in [0.5, 0.6) is 0 Å². The lowest BCUT2D eigenvalue weighted by Gasteiger charge is -2.26. The van der Waals surface area contributed by atoms with Crippen molar-refractivity contribution in [3.8, 4) is 11.1 Å². The fourth-order valence-electron chi connectivity index (χ4n) is 2.98.